The predicted molar refractivity (Wildman–Crippen MR) is 72.1 cm³/mol. The summed E-state index contributed by atoms with van der Waals surface area (Å²) < 4.78 is 0. The van der Waals surface area contributed by atoms with Gasteiger partial charge in [0.05, 0.1) is 4.92 Å². The summed E-state index contributed by atoms with van der Waals surface area (Å²) in [6, 6.07) is 8.57. The summed E-state index contributed by atoms with van der Waals surface area (Å²) in [5.41, 5.74) is 1.20. The molecule has 0 spiro atoms. The van der Waals surface area contributed by atoms with Crippen LogP contribution in [0.1, 0.15) is 18.3 Å². The fourth-order valence-corrected chi connectivity index (χ4v) is 1.74. The average molecular weight is 258 g/mol. The van der Waals surface area contributed by atoms with Gasteiger partial charge in [0.1, 0.15) is 11.5 Å². The lowest BCUT2D eigenvalue weighted by atomic mass is 10.1. The zero-order valence-corrected chi connectivity index (χ0v) is 10.5. The molecule has 6 nitrogen and oxygen atoms in total. The topological polar surface area (TPSA) is 81.0 Å². The van der Waals surface area contributed by atoms with Crippen LogP contribution in [0.15, 0.2) is 36.5 Å². The Hall–Kier alpha value is -2.50. The Bertz CT molecular complexity index is 572. The van der Waals surface area contributed by atoms with Gasteiger partial charge in [-0.2, -0.15) is 0 Å². The van der Waals surface area contributed by atoms with Crippen LogP contribution in [-0.4, -0.2) is 21.4 Å². The number of rotatable bonds is 5. The van der Waals surface area contributed by atoms with Crippen molar-refractivity contribution in [3.8, 4) is 0 Å². The maximum absolute atomic E-state index is 11.0. The van der Waals surface area contributed by atoms with Gasteiger partial charge in [-0.05, 0) is 25.1 Å². The Morgan fingerprint density at radius 3 is 2.79 bits per heavy atom. The molecule has 0 unspecified atom stereocenters. The maximum atomic E-state index is 11.0. The molecule has 0 atom stereocenters. The van der Waals surface area contributed by atoms with E-state index in [9.17, 15) is 10.1 Å². The van der Waals surface area contributed by atoms with Crippen molar-refractivity contribution in [3.63, 3.8) is 0 Å². The van der Waals surface area contributed by atoms with Gasteiger partial charge in [0, 0.05) is 30.9 Å². The van der Waals surface area contributed by atoms with E-state index in [0.29, 0.717) is 24.5 Å². The molecule has 2 rings (SSSR count). The summed E-state index contributed by atoms with van der Waals surface area (Å²) in [6.07, 6.45) is 2.01. The number of nitro groups is 1. The fourth-order valence-electron chi connectivity index (χ4n) is 1.74. The van der Waals surface area contributed by atoms with Crippen molar-refractivity contribution in [1.82, 2.24) is 9.97 Å². The van der Waals surface area contributed by atoms with Crippen LogP contribution in [0.2, 0.25) is 0 Å². The second-order valence-electron chi connectivity index (χ2n) is 3.95. The van der Waals surface area contributed by atoms with Gasteiger partial charge in [0.2, 0.25) is 0 Å². The molecule has 0 aliphatic carbocycles. The van der Waals surface area contributed by atoms with Crippen molar-refractivity contribution in [2.45, 2.75) is 13.3 Å². The van der Waals surface area contributed by atoms with E-state index in [1.807, 2.05) is 19.1 Å². The van der Waals surface area contributed by atoms with E-state index in [1.165, 1.54) is 6.07 Å². The molecule has 2 aromatic heterocycles. The molecule has 0 radical (unpaired) electrons. The Morgan fingerprint density at radius 2 is 2.16 bits per heavy atom. The van der Waals surface area contributed by atoms with Crippen LogP contribution in [0.3, 0.4) is 0 Å². The fraction of sp³-hybridized carbons (Fsp3) is 0.231. The van der Waals surface area contributed by atoms with Crippen LogP contribution in [0.4, 0.5) is 11.5 Å². The molecule has 2 aromatic rings. The highest BCUT2D eigenvalue weighted by Crippen LogP contribution is 2.21. The van der Waals surface area contributed by atoms with E-state index in [4.69, 9.17) is 0 Å². The third kappa shape index (κ3) is 3.25. The number of nitrogens with one attached hydrogen (secondary N) is 1. The smallest absolute Gasteiger partial charge is 0.291 e. The minimum atomic E-state index is -0.416. The summed E-state index contributed by atoms with van der Waals surface area (Å²) in [7, 11) is 0. The summed E-state index contributed by atoms with van der Waals surface area (Å²) in [4.78, 5) is 19.0. The molecule has 0 aromatic carbocycles. The number of hydrogen-bond acceptors (Lipinski definition) is 5. The monoisotopic (exact) mass is 258 g/mol. The van der Waals surface area contributed by atoms with Crippen molar-refractivity contribution in [3.05, 3.63) is 58.0 Å². The van der Waals surface area contributed by atoms with Crippen LogP contribution in [0, 0.1) is 10.1 Å². The first-order valence-electron chi connectivity index (χ1n) is 5.98. The molecule has 6 heteroatoms. The Kier molecular flexibility index (Phi) is 4.02. The molecule has 0 saturated heterocycles. The number of hydrogen-bond donors (Lipinski definition) is 1. The molecule has 0 aliphatic heterocycles. The molecule has 19 heavy (non-hydrogen) atoms. The van der Waals surface area contributed by atoms with Gasteiger partial charge in [-0.15, -0.1) is 0 Å². The minimum absolute atomic E-state index is 0.0207. The molecule has 0 aliphatic rings. The zero-order valence-electron chi connectivity index (χ0n) is 10.5. The van der Waals surface area contributed by atoms with Gasteiger partial charge in [0.25, 0.3) is 5.69 Å². The molecule has 0 amide bonds. The second-order valence-corrected chi connectivity index (χ2v) is 3.95. The van der Waals surface area contributed by atoms with E-state index in [2.05, 4.69) is 15.3 Å². The van der Waals surface area contributed by atoms with E-state index >= 15 is 0 Å². The quantitative estimate of drug-likeness (QED) is 0.658. The van der Waals surface area contributed by atoms with Crippen LogP contribution in [0.5, 0.6) is 0 Å². The van der Waals surface area contributed by atoms with Gasteiger partial charge in [-0.25, -0.2) is 4.98 Å². The van der Waals surface area contributed by atoms with Crippen molar-refractivity contribution < 1.29 is 4.92 Å². The highest BCUT2D eigenvalue weighted by Gasteiger charge is 2.16. The minimum Gasteiger partial charge on any atom is -0.370 e. The third-order valence-corrected chi connectivity index (χ3v) is 2.58. The Labute approximate surface area is 110 Å². The van der Waals surface area contributed by atoms with Crippen molar-refractivity contribution in [2.75, 3.05) is 11.9 Å². The number of aromatic nitrogens is 2. The molecular weight excluding hydrogens is 244 g/mol. The molecule has 2 heterocycles. The van der Waals surface area contributed by atoms with Crippen LogP contribution in [0.25, 0.3) is 0 Å². The third-order valence-electron chi connectivity index (χ3n) is 2.58. The largest absolute Gasteiger partial charge is 0.370 e. The summed E-state index contributed by atoms with van der Waals surface area (Å²) in [6.45, 7) is 2.66. The van der Waals surface area contributed by atoms with Gasteiger partial charge in [-0.1, -0.05) is 6.07 Å². The van der Waals surface area contributed by atoms with Crippen LogP contribution < -0.4 is 5.32 Å². The van der Waals surface area contributed by atoms with Gasteiger partial charge in [-0.3, -0.25) is 15.1 Å². The van der Waals surface area contributed by atoms with E-state index in [-0.39, 0.29) is 5.69 Å². The van der Waals surface area contributed by atoms with Crippen LogP contribution in [-0.2, 0) is 6.42 Å². The van der Waals surface area contributed by atoms with E-state index < -0.39 is 4.92 Å². The lowest BCUT2D eigenvalue weighted by Gasteiger charge is -2.06. The second kappa shape index (κ2) is 5.90. The first kappa shape index (κ1) is 12.9. The molecular formula is C13H14N4O2. The van der Waals surface area contributed by atoms with Gasteiger partial charge >= 0.3 is 0 Å². The Balaban J connectivity index is 2.35. The first-order chi connectivity index (χ1) is 9.20. The summed E-state index contributed by atoms with van der Waals surface area (Å²) >= 11 is 0. The molecule has 1 N–H and O–H groups in total. The first-order valence-corrected chi connectivity index (χ1v) is 5.98. The maximum Gasteiger partial charge on any atom is 0.291 e. The average Bonchev–Trinajstić information content (AvgIpc) is 2.40. The number of pyridine rings is 2. The predicted octanol–water partition coefficient (Wildman–Crippen LogP) is 2.41. The standard InChI is InChI=1S/C13H14N4O2/c1-2-14-13-7-6-12(17(18)19)11(16-13)9-10-5-3-4-8-15-10/h3-8H,2,9H2,1H3,(H,14,16). The highest BCUT2D eigenvalue weighted by molar-refractivity contribution is 5.46. The van der Waals surface area contributed by atoms with Gasteiger partial charge in [0.15, 0.2) is 0 Å². The van der Waals surface area contributed by atoms with Crippen LogP contribution >= 0.6 is 0 Å². The molecule has 98 valence electrons. The van der Waals surface area contributed by atoms with E-state index in [0.717, 1.165) is 5.69 Å². The SMILES string of the molecule is CCNc1ccc([N+](=O)[O-])c(Cc2ccccn2)n1. The molecule has 0 saturated carbocycles. The summed E-state index contributed by atoms with van der Waals surface area (Å²) in [5, 5.41) is 14.1. The normalized spacial score (nSPS) is 10.2. The Morgan fingerprint density at radius 1 is 1.32 bits per heavy atom. The van der Waals surface area contributed by atoms with Crippen molar-refractivity contribution in [1.29, 1.82) is 0 Å². The lowest BCUT2D eigenvalue weighted by Crippen LogP contribution is -2.05. The molecule has 0 fully saturated rings. The number of anilines is 1. The van der Waals surface area contributed by atoms with Crippen molar-refractivity contribution in [2.24, 2.45) is 0 Å². The highest BCUT2D eigenvalue weighted by atomic mass is 16.6. The summed E-state index contributed by atoms with van der Waals surface area (Å²) in [5.74, 6) is 0.638. The van der Waals surface area contributed by atoms with E-state index in [1.54, 1.807) is 18.3 Å². The molecule has 0 bridgehead atoms. The zero-order chi connectivity index (χ0) is 13.7. The van der Waals surface area contributed by atoms with Gasteiger partial charge < -0.3 is 5.32 Å². The number of nitrogens with zero attached hydrogens (tertiary/aromatic N) is 3. The lowest BCUT2D eigenvalue weighted by molar-refractivity contribution is -0.385. The van der Waals surface area contributed by atoms with Crippen molar-refractivity contribution >= 4 is 11.5 Å².